The number of ether oxygens (including phenoxy) is 1. The second-order valence-electron chi connectivity index (χ2n) is 9.27. The molecule has 2 atom stereocenters. The predicted molar refractivity (Wildman–Crippen MR) is 132 cm³/mol. The molecule has 4 nitrogen and oxygen atoms in total. The number of nitrogens with zero attached hydrogens (tertiary/aromatic N) is 2. The highest BCUT2D eigenvalue weighted by molar-refractivity contribution is 5.77. The van der Waals surface area contributed by atoms with Gasteiger partial charge in [-0.1, -0.05) is 43.3 Å². The van der Waals surface area contributed by atoms with Crippen LogP contribution in [-0.4, -0.2) is 28.9 Å². The molecule has 0 radical (unpaired) electrons. The number of amides is 1. The molecule has 0 spiro atoms. The highest BCUT2D eigenvalue weighted by atomic mass is 19.1. The highest BCUT2D eigenvalue weighted by Gasteiger charge is 2.25. The fourth-order valence-electron chi connectivity index (χ4n) is 4.70. The van der Waals surface area contributed by atoms with Gasteiger partial charge in [-0.05, 0) is 79.5 Å². The molecule has 0 saturated heterocycles. The second-order valence-corrected chi connectivity index (χ2v) is 9.27. The minimum atomic E-state index is -0.268. The van der Waals surface area contributed by atoms with E-state index in [0.717, 1.165) is 29.7 Å². The molecule has 0 bridgehead atoms. The number of aromatic nitrogens is 1. The molecule has 2 unspecified atom stereocenters. The van der Waals surface area contributed by atoms with E-state index in [9.17, 15) is 9.18 Å². The lowest BCUT2D eigenvalue weighted by Gasteiger charge is -2.31. The normalized spacial score (nSPS) is 14.4. The number of halogens is 1. The summed E-state index contributed by atoms with van der Waals surface area (Å²) in [5.41, 5.74) is 5.83. The zero-order valence-electron chi connectivity index (χ0n) is 20.3. The molecule has 3 aromatic rings. The van der Waals surface area contributed by atoms with Gasteiger partial charge in [-0.25, -0.2) is 9.37 Å². The molecule has 0 N–H and O–H groups in total. The van der Waals surface area contributed by atoms with Gasteiger partial charge >= 0.3 is 0 Å². The minimum absolute atomic E-state index is 0.0119. The Hall–Kier alpha value is -3.21. The number of hydrogen-bond donors (Lipinski definition) is 0. The monoisotopic (exact) mass is 460 g/mol. The SMILES string of the molecule is Cc1cccc(OCCN(C(=O)CC(C)c2ccc(F)cc2)C(C)c2ccc3c(c2)CCC3)n1. The van der Waals surface area contributed by atoms with Crippen molar-refractivity contribution in [3.63, 3.8) is 0 Å². The smallest absolute Gasteiger partial charge is 0.223 e. The van der Waals surface area contributed by atoms with Crippen molar-refractivity contribution in [3.8, 4) is 5.88 Å². The van der Waals surface area contributed by atoms with Crippen LogP contribution in [0.4, 0.5) is 4.39 Å². The Balaban J connectivity index is 1.49. The molecule has 1 heterocycles. The van der Waals surface area contributed by atoms with E-state index in [4.69, 9.17) is 4.74 Å². The fraction of sp³-hybridized carbons (Fsp3) is 0.379. The summed E-state index contributed by atoms with van der Waals surface area (Å²) in [6, 6.07) is 18.6. The van der Waals surface area contributed by atoms with Gasteiger partial charge in [0.1, 0.15) is 12.4 Å². The highest BCUT2D eigenvalue weighted by Crippen LogP contribution is 2.29. The number of carbonyl (C=O) groups is 1. The molecule has 2 aromatic carbocycles. The summed E-state index contributed by atoms with van der Waals surface area (Å²) >= 11 is 0. The van der Waals surface area contributed by atoms with Gasteiger partial charge in [0, 0.05) is 18.2 Å². The molecule has 0 fully saturated rings. The van der Waals surface area contributed by atoms with Crippen LogP contribution in [0.3, 0.4) is 0 Å². The minimum Gasteiger partial charge on any atom is -0.476 e. The van der Waals surface area contributed by atoms with Gasteiger partial charge in [0.15, 0.2) is 0 Å². The summed E-state index contributed by atoms with van der Waals surface area (Å²) in [6.45, 7) is 6.85. The molecule has 1 aliphatic carbocycles. The van der Waals surface area contributed by atoms with E-state index in [0.29, 0.717) is 25.5 Å². The van der Waals surface area contributed by atoms with E-state index < -0.39 is 0 Å². The number of aryl methyl sites for hydroxylation is 3. The van der Waals surface area contributed by atoms with Gasteiger partial charge in [0.05, 0.1) is 12.6 Å². The Kier molecular flexibility index (Phi) is 7.61. The largest absolute Gasteiger partial charge is 0.476 e. The summed E-state index contributed by atoms with van der Waals surface area (Å²) in [5.74, 6) is 0.348. The topological polar surface area (TPSA) is 42.4 Å². The van der Waals surface area contributed by atoms with E-state index in [1.54, 1.807) is 12.1 Å². The van der Waals surface area contributed by atoms with E-state index in [1.165, 1.54) is 29.7 Å². The summed E-state index contributed by atoms with van der Waals surface area (Å²) in [6.07, 6.45) is 3.79. The molecule has 34 heavy (non-hydrogen) atoms. The molecule has 1 amide bonds. The lowest BCUT2D eigenvalue weighted by Crippen LogP contribution is -2.37. The van der Waals surface area contributed by atoms with Crippen molar-refractivity contribution in [2.45, 2.75) is 58.4 Å². The maximum Gasteiger partial charge on any atom is 0.223 e. The average molecular weight is 461 g/mol. The number of fused-ring (bicyclic) bond motifs is 1. The van der Waals surface area contributed by atoms with Crippen molar-refractivity contribution >= 4 is 5.91 Å². The number of rotatable bonds is 9. The Morgan fingerprint density at radius 3 is 2.53 bits per heavy atom. The van der Waals surface area contributed by atoms with Gasteiger partial charge in [0.2, 0.25) is 11.8 Å². The van der Waals surface area contributed by atoms with Crippen LogP contribution in [0.2, 0.25) is 0 Å². The first kappa shape index (κ1) is 23.9. The molecule has 1 aliphatic rings. The number of benzene rings is 2. The summed E-state index contributed by atoms with van der Waals surface area (Å²) in [5, 5.41) is 0. The molecular formula is C29H33FN2O2. The lowest BCUT2D eigenvalue weighted by atomic mass is 9.96. The van der Waals surface area contributed by atoms with Crippen LogP contribution < -0.4 is 4.74 Å². The maximum absolute atomic E-state index is 13.5. The number of hydrogen-bond acceptors (Lipinski definition) is 3. The summed E-state index contributed by atoms with van der Waals surface area (Å²) in [7, 11) is 0. The van der Waals surface area contributed by atoms with Gasteiger partial charge in [-0.2, -0.15) is 0 Å². The molecule has 5 heteroatoms. The summed E-state index contributed by atoms with van der Waals surface area (Å²) < 4.78 is 19.2. The van der Waals surface area contributed by atoms with Gasteiger partial charge in [-0.15, -0.1) is 0 Å². The van der Waals surface area contributed by atoms with Crippen molar-refractivity contribution in [1.29, 1.82) is 0 Å². The first-order valence-electron chi connectivity index (χ1n) is 12.1. The van der Waals surface area contributed by atoms with Crippen LogP contribution in [0.5, 0.6) is 5.88 Å². The van der Waals surface area contributed by atoms with E-state index in [1.807, 2.05) is 36.9 Å². The van der Waals surface area contributed by atoms with Gasteiger partial charge in [0.25, 0.3) is 0 Å². The molecule has 0 aliphatic heterocycles. The van der Waals surface area contributed by atoms with Gasteiger partial charge < -0.3 is 9.64 Å². The Morgan fingerprint density at radius 2 is 1.76 bits per heavy atom. The van der Waals surface area contributed by atoms with Crippen LogP contribution >= 0.6 is 0 Å². The fourth-order valence-corrected chi connectivity index (χ4v) is 4.70. The number of pyridine rings is 1. The molecule has 4 rings (SSSR count). The van der Waals surface area contributed by atoms with E-state index in [2.05, 4.69) is 30.1 Å². The van der Waals surface area contributed by atoms with Crippen LogP contribution in [0.15, 0.2) is 60.7 Å². The molecular weight excluding hydrogens is 427 g/mol. The van der Waals surface area contributed by atoms with Crippen LogP contribution in [0, 0.1) is 12.7 Å². The van der Waals surface area contributed by atoms with Crippen molar-refractivity contribution in [2.75, 3.05) is 13.2 Å². The second kappa shape index (κ2) is 10.8. The van der Waals surface area contributed by atoms with Crippen LogP contribution in [-0.2, 0) is 17.6 Å². The third kappa shape index (κ3) is 5.82. The first-order valence-corrected chi connectivity index (χ1v) is 12.1. The van der Waals surface area contributed by atoms with E-state index in [-0.39, 0.29) is 23.7 Å². The number of carbonyl (C=O) groups excluding carboxylic acids is 1. The van der Waals surface area contributed by atoms with Crippen molar-refractivity contribution in [2.24, 2.45) is 0 Å². The molecule has 178 valence electrons. The standard InChI is InChI=1S/C29H33FN2O2/c1-20(23-12-14-27(30)15-13-23)18-29(33)32(16-17-34-28-9-4-6-21(2)31-28)22(3)25-11-10-24-7-5-8-26(24)19-25/h4,6,9-15,19-20,22H,5,7-8,16-18H2,1-3H3. The Labute approximate surface area is 201 Å². The molecule has 0 saturated carbocycles. The zero-order chi connectivity index (χ0) is 24.1. The zero-order valence-corrected chi connectivity index (χ0v) is 20.3. The van der Waals surface area contributed by atoms with Gasteiger partial charge in [-0.3, -0.25) is 4.79 Å². The van der Waals surface area contributed by atoms with Crippen molar-refractivity contribution < 1.29 is 13.9 Å². The van der Waals surface area contributed by atoms with Crippen LogP contribution in [0.1, 0.15) is 66.6 Å². The predicted octanol–water partition coefficient (Wildman–Crippen LogP) is 6.18. The maximum atomic E-state index is 13.5. The molecule has 1 aromatic heterocycles. The third-order valence-corrected chi connectivity index (χ3v) is 6.76. The first-order chi connectivity index (χ1) is 16.4. The average Bonchev–Trinajstić information content (AvgIpc) is 3.30. The Morgan fingerprint density at radius 1 is 1.03 bits per heavy atom. The third-order valence-electron chi connectivity index (χ3n) is 6.76. The van der Waals surface area contributed by atoms with Crippen LogP contribution in [0.25, 0.3) is 0 Å². The summed E-state index contributed by atoms with van der Waals surface area (Å²) in [4.78, 5) is 19.8. The van der Waals surface area contributed by atoms with E-state index >= 15 is 0 Å². The quantitative estimate of drug-likeness (QED) is 0.383. The lowest BCUT2D eigenvalue weighted by molar-refractivity contribution is -0.134. The van der Waals surface area contributed by atoms with Crippen molar-refractivity contribution in [1.82, 2.24) is 9.88 Å². The van der Waals surface area contributed by atoms with Crippen molar-refractivity contribution in [3.05, 3.63) is 94.4 Å². The Bertz CT molecular complexity index is 1130.